The SMILES string of the molecule is CC(C)(C)CN1CCC(N2CCc3cc(S(=O)(=O)c4ccccc4)ccc32)CC1. The summed E-state index contributed by atoms with van der Waals surface area (Å²) in [5, 5.41) is 0. The van der Waals surface area contributed by atoms with Gasteiger partial charge in [-0.3, -0.25) is 0 Å². The van der Waals surface area contributed by atoms with Gasteiger partial charge in [0.1, 0.15) is 0 Å². The average molecular weight is 413 g/mol. The maximum Gasteiger partial charge on any atom is 0.206 e. The maximum absolute atomic E-state index is 12.9. The van der Waals surface area contributed by atoms with Gasteiger partial charge in [-0.15, -0.1) is 0 Å². The minimum Gasteiger partial charge on any atom is -0.368 e. The molecule has 156 valence electrons. The Morgan fingerprint density at radius 1 is 0.931 bits per heavy atom. The second kappa shape index (κ2) is 7.77. The highest BCUT2D eigenvalue weighted by molar-refractivity contribution is 7.91. The van der Waals surface area contributed by atoms with Gasteiger partial charge in [-0.1, -0.05) is 39.0 Å². The highest BCUT2D eigenvalue weighted by Gasteiger charge is 2.31. The van der Waals surface area contributed by atoms with Crippen molar-refractivity contribution >= 4 is 15.5 Å². The number of benzene rings is 2. The minimum absolute atomic E-state index is 0.341. The topological polar surface area (TPSA) is 40.6 Å². The number of rotatable bonds is 4. The van der Waals surface area contributed by atoms with Gasteiger partial charge in [0.2, 0.25) is 9.84 Å². The minimum atomic E-state index is -3.45. The molecule has 0 aromatic heterocycles. The third-order valence-corrected chi connectivity index (χ3v) is 7.81. The molecule has 2 heterocycles. The lowest BCUT2D eigenvalue weighted by molar-refractivity contribution is 0.153. The first-order valence-corrected chi connectivity index (χ1v) is 12.1. The molecule has 0 aliphatic carbocycles. The lowest BCUT2D eigenvalue weighted by Crippen LogP contribution is -2.46. The molecule has 0 amide bonds. The molecule has 4 rings (SSSR count). The van der Waals surface area contributed by atoms with Gasteiger partial charge < -0.3 is 9.80 Å². The van der Waals surface area contributed by atoms with Gasteiger partial charge >= 0.3 is 0 Å². The lowest BCUT2D eigenvalue weighted by Gasteiger charge is -2.40. The van der Waals surface area contributed by atoms with E-state index in [0.717, 1.165) is 32.6 Å². The third kappa shape index (κ3) is 4.36. The number of likely N-dealkylation sites (tertiary alicyclic amines) is 1. The molecule has 2 aliphatic heterocycles. The van der Waals surface area contributed by atoms with Crippen molar-refractivity contribution in [2.24, 2.45) is 5.41 Å². The first-order chi connectivity index (χ1) is 13.7. The van der Waals surface area contributed by atoms with Crippen LogP contribution in [0.5, 0.6) is 0 Å². The predicted octanol–water partition coefficient (Wildman–Crippen LogP) is 4.39. The molecule has 2 aliphatic rings. The molecule has 1 saturated heterocycles. The first-order valence-electron chi connectivity index (χ1n) is 10.7. The van der Waals surface area contributed by atoms with Crippen LogP contribution in [0.25, 0.3) is 0 Å². The van der Waals surface area contributed by atoms with E-state index in [1.807, 2.05) is 18.2 Å². The molecular weight excluding hydrogens is 380 g/mol. The Hall–Kier alpha value is -1.85. The number of anilines is 1. The van der Waals surface area contributed by atoms with Crippen molar-refractivity contribution in [1.82, 2.24) is 4.90 Å². The van der Waals surface area contributed by atoms with Gasteiger partial charge in [0, 0.05) is 37.9 Å². The summed E-state index contributed by atoms with van der Waals surface area (Å²) < 4.78 is 25.9. The zero-order valence-electron chi connectivity index (χ0n) is 17.8. The summed E-state index contributed by atoms with van der Waals surface area (Å²) in [5.41, 5.74) is 2.73. The van der Waals surface area contributed by atoms with Crippen molar-refractivity contribution in [3.05, 3.63) is 54.1 Å². The van der Waals surface area contributed by atoms with E-state index in [-0.39, 0.29) is 0 Å². The first kappa shape index (κ1) is 20.4. The van der Waals surface area contributed by atoms with Gasteiger partial charge in [0.15, 0.2) is 0 Å². The monoisotopic (exact) mass is 412 g/mol. The number of hydrogen-bond acceptors (Lipinski definition) is 4. The van der Waals surface area contributed by atoms with Gasteiger partial charge in [-0.05, 0) is 60.6 Å². The van der Waals surface area contributed by atoms with Gasteiger partial charge in [0.25, 0.3) is 0 Å². The van der Waals surface area contributed by atoms with E-state index in [0.29, 0.717) is 21.2 Å². The summed E-state index contributed by atoms with van der Waals surface area (Å²) in [5.74, 6) is 0. The molecule has 29 heavy (non-hydrogen) atoms. The zero-order chi connectivity index (χ0) is 20.6. The Morgan fingerprint density at radius 3 is 2.28 bits per heavy atom. The molecule has 2 aromatic rings. The normalized spacial score (nSPS) is 18.8. The highest BCUT2D eigenvalue weighted by atomic mass is 32.2. The second-order valence-electron chi connectivity index (χ2n) is 9.62. The van der Waals surface area contributed by atoms with Crippen LogP contribution < -0.4 is 4.90 Å². The Labute approximate surface area is 175 Å². The Morgan fingerprint density at radius 2 is 1.62 bits per heavy atom. The van der Waals surface area contributed by atoms with Crippen LogP contribution in [0.1, 0.15) is 39.2 Å². The fourth-order valence-electron chi connectivity index (χ4n) is 4.75. The van der Waals surface area contributed by atoms with E-state index in [2.05, 4.69) is 30.6 Å². The summed E-state index contributed by atoms with van der Waals surface area (Å²) in [7, 11) is -3.45. The lowest BCUT2D eigenvalue weighted by atomic mass is 9.94. The summed E-state index contributed by atoms with van der Waals surface area (Å²) in [6.07, 6.45) is 3.29. The van der Waals surface area contributed by atoms with Crippen molar-refractivity contribution in [1.29, 1.82) is 0 Å². The number of piperidine rings is 1. The smallest absolute Gasteiger partial charge is 0.206 e. The van der Waals surface area contributed by atoms with Crippen molar-refractivity contribution in [2.45, 2.75) is 55.9 Å². The van der Waals surface area contributed by atoms with Crippen LogP contribution in [-0.2, 0) is 16.3 Å². The van der Waals surface area contributed by atoms with Crippen LogP contribution in [0.15, 0.2) is 58.3 Å². The van der Waals surface area contributed by atoms with Gasteiger partial charge in [-0.2, -0.15) is 0 Å². The highest BCUT2D eigenvalue weighted by Crippen LogP contribution is 2.35. The summed E-state index contributed by atoms with van der Waals surface area (Å²) in [4.78, 5) is 5.87. The average Bonchev–Trinajstić information content (AvgIpc) is 3.11. The van der Waals surface area contributed by atoms with Crippen molar-refractivity contribution < 1.29 is 8.42 Å². The van der Waals surface area contributed by atoms with Crippen LogP contribution in [0.2, 0.25) is 0 Å². The zero-order valence-corrected chi connectivity index (χ0v) is 18.6. The Bertz CT molecular complexity index is 956. The maximum atomic E-state index is 12.9. The molecule has 0 unspecified atom stereocenters. The Kier molecular flexibility index (Phi) is 5.47. The molecule has 2 aromatic carbocycles. The van der Waals surface area contributed by atoms with E-state index in [1.54, 1.807) is 30.3 Å². The molecule has 0 saturated carbocycles. The molecule has 0 N–H and O–H groups in total. The Balaban J connectivity index is 1.48. The molecule has 1 fully saturated rings. The van der Waals surface area contributed by atoms with E-state index in [1.165, 1.54) is 24.1 Å². The number of hydrogen-bond donors (Lipinski definition) is 0. The third-order valence-electron chi connectivity index (χ3n) is 6.04. The molecule has 0 radical (unpaired) electrons. The number of fused-ring (bicyclic) bond motifs is 1. The molecular formula is C24H32N2O2S. The molecule has 0 atom stereocenters. The van der Waals surface area contributed by atoms with Crippen LogP contribution >= 0.6 is 0 Å². The van der Waals surface area contributed by atoms with Crippen molar-refractivity contribution in [3.8, 4) is 0 Å². The quantitative estimate of drug-likeness (QED) is 0.747. The van der Waals surface area contributed by atoms with E-state index in [9.17, 15) is 8.42 Å². The summed E-state index contributed by atoms with van der Waals surface area (Å²) in [6.45, 7) is 11.3. The molecule has 4 nitrogen and oxygen atoms in total. The fraction of sp³-hybridized carbons (Fsp3) is 0.500. The number of sulfone groups is 1. The fourth-order valence-corrected chi connectivity index (χ4v) is 6.08. The molecule has 0 bridgehead atoms. The van der Waals surface area contributed by atoms with Crippen LogP contribution in [-0.4, -0.2) is 45.5 Å². The van der Waals surface area contributed by atoms with Crippen LogP contribution in [0, 0.1) is 5.41 Å². The van der Waals surface area contributed by atoms with Gasteiger partial charge in [-0.25, -0.2) is 8.42 Å². The van der Waals surface area contributed by atoms with Crippen molar-refractivity contribution in [3.63, 3.8) is 0 Å². The summed E-state index contributed by atoms with van der Waals surface area (Å²) in [6, 6.07) is 15.0. The second-order valence-corrected chi connectivity index (χ2v) is 11.6. The van der Waals surface area contributed by atoms with Crippen LogP contribution in [0.3, 0.4) is 0 Å². The number of nitrogens with zero attached hydrogens (tertiary/aromatic N) is 2. The van der Waals surface area contributed by atoms with Gasteiger partial charge in [0.05, 0.1) is 9.79 Å². The van der Waals surface area contributed by atoms with E-state index in [4.69, 9.17) is 0 Å². The van der Waals surface area contributed by atoms with Crippen molar-refractivity contribution in [2.75, 3.05) is 31.1 Å². The van der Waals surface area contributed by atoms with E-state index < -0.39 is 9.84 Å². The molecule has 0 spiro atoms. The van der Waals surface area contributed by atoms with Crippen LogP contribution in [0.4, 0.5) is 5.69 Å². The summed E-state index contributed by atoms with van der Waals surface area (Å²) >= 11 is 0. The standard InChI is InChI=1S/C24H32N2O2S/c1-24(2,3)18-25-14-12-20(13-15-25)26-16-11-19-17-22(9-10-23(19)26)29(27,28)21-7-5-4-6-8-21/h4-10,17,20H,11-16,18H2,1-3H3. The molecule has 5 heteroatoms. The predicted molar refractivity (Wildman–Crippen MR) is 118 cm³/mol. The largest absolute Gasteiger partial charge is 0.368 e. The van der Waals surface area contributed by atoms with E-state index >= 15 is 0 Å².